The Morgan fingerprint density at radius 3 is 2.66 bits per heavy atom. The average molecular weight is 432 g/mol. The standard InChI is InChI=1S/C24H24N4O4/c1-24-20-18(17-5-3-4-6-19(17)26-20)11-13-27(24)23(31)28(22(24)30)16-9-7-15(8-10-16)21(29)25-12-14-32-2/h3-10,26H,11-14H2,1-2H3,(H,25,29)/t24-/m1/s1. The van der Waals surface area contributed by atoms with Gasteiger partial charge in [-0.3, -0.25) is 9.59 Å². The predicted octanol–water partition coefficient (Wildman–Crippen LogP) is 2.78. The van der Waals surface area contributed by atoms with E-state index in [2.05, 4.69) is 10.3 Å². The van der Waals surface area contributed by atoms with Gasteiger partial charge in [-0.2, -0.15) is 0 Å². The van der Waals surface area contributed by atoms with Gasteiger partial charge in [-0.1, -0.05) is 18.2 Å². The molecule has 0 aliphatic carbocycles. The van der Waals surface area contributed by atoms with E-state index in [0.717, 1.165) is 22.2 Å². The van der Waals surface area contributed by atoms with E-state index in [1.54, 1.807) is 43.2 Å². The Labute approximate surface area is 185 Å². The lowest BCUT2D eigenvalue weighted by molar-refractivity contribution is -0.125. The summed E-state index contributed by atoms with van der Waals surface area (Å²) in [5.41, 5.74) is 2.63. The minimum Gasteiger partial charge on any atom is -0.383 e. The third-order valence-electron chi connectivity index (χ3n) is 6.45. The number of urea groups is 1. The van der Waals surface area contributed by atoms with Crippen LogP contribution in [0, 0.1) is 0 Å². The van der Waals surface area contributed by atoms with Gasteiger partial charge in [-0.05, 0) is 49.2 Å². The van der Waals surface area contributed by atoms with Crippen LogP contribution in [0.5, 0.6) is 0 Å². The molecule has 3 aromatic rings. The third-order valence-corrected chi connectivity index (χ3v) is 6.45. The molecule has 8 nitrogen and oxygen atoms in total. The number of aromatic nitrogens is 1. The van der Waals surface area contributed by atoms with Crippen LogP contribution in [0.15, 0.2) is 48.5 Å². The molecular weight excluding hydrogens is 408 g/mol. The summed E-state index contributed by atoms with van der Waals surface area (Å²) >= 11 is 0. The molecule has 2 aliphatic heterocycles. The molecule has 0 spiro atoms. The van der Waals surface area contributed by atoms with Gasteiger partial charge in [-0.15, -0.1) is 0 Å². The van der Waals surface area contributed by atoms with E-state index < -0.39 is 5.54 Å². The largest absolute Gasteiger partial charge is 0.383 e. The van der Waals surface area contributed by atoms with Gasteiger partial charge in [0.25, 0.3) is 11.8 Å². The fraction of sp³-hybridized carbons (Fsp3) is 0.292. The number of carbonyl (C=O) groups is 3. The number of benzene rings is 2. The lowest BCUT2D eigenvalue weighted by atomic mass is 9.87. The van der Waals surface area contributed by atoms with E-state index in [4.69, 9.17) is 4.74 Å². The summed E-state index contributed by atoms with van der Waals surface area (Å²) in [6.45, 7) is 3.09. The van der Waals surface area contributed by atoms with Crippen molar-refractivity contribution in [2.75, 3.05) is 31.7 Å². The number of amides is 4. The number of hydrogen-bond acceptors (Lipinski definition) is 4. The van der Waals surface area contributed by atoms with E-state index in [1.165, 1.54) is 4.90 Å². The van der Waals surface area contributed by atoms with Gasteiger partial charge >= 0.3 is 6.03 Å². The van der Waals surface area contributed by atoms with Crippen LogP contribution in [0.4, 0.5) is 10.5 Å². The monoisotopic (exact) mass is 432 g/mol. The van der Waals surface area contributed by atoms with Crippen LogP contribution in [0.25, 0.3) is 10.9 Å². The third kappa shape index (κ3) is 2.83. The smallest absolute Gasteiger partial charge is 0.332 e. The minimum atomic E-state index is -1.10. The highest BCUT2D eigenvalue weighted by molar-refractivity contribution is 6.23. The number of para-hydroxylation sites is 1. The van der Waals surface area contributed by atoms with Crippen molar-refractivity contribution in [2.45, 2.75) is 18.9 Å². The number of nitrogens with one attached hydrogen (secondary N) is 2. The molecule has 0 saturated carbocycles. The minimum absolute atomic E-state index is 0.236. The van der Waals surface area contributed by atoms with Crippen molar-refractivity contribution in [1.82, 2.24) is 15.2 Å². The van der Waals surface area contributed by atoms with Crippen molar-refractivity contribution < 1.29 is 19.1 Å². The van der Waals surface area contributed by atoms with E-state index in [-0.39, 0.29) is 17.8 Å². The first-order valence-corrected chi connectivity index (χ1v) is 10.6. The molecule has 4 amide bonds. The summed E-state index contributed by atoms with van der Waals surface area (Å²) in [5, 5.41) is 3.84. The molecule has 1 fully saturated rings. The Hall–Kier alpha value is -3.65. The van der Waals surface area contributed by atoms with Crippen molar-refractivity contribution in [1.29, 1.82) is 0 Å². The number of hydrogen-bond donors (Lipinski definition) is 2. The molecule has 5 rings (SSSR count). The van der Waals surface area contributed by atoms with Crippen LogP contribution in [0.1, 0.15) is 28.5 Å². The van der Waals surface area contributed by atoms with Gasteiger partial charge in [0.05, 0.1) is 18.0 Å². The van der Waals surface area contributed by atoms with Crippen LogP contribution in [0.2, 0.25) is 0 Å². The summed E-state index contributed by atoms with van der Waals surface area (Å²) in [6, 6.07) is 14.1. The second-order valence-electron chi connectivity index (χ2n) is 8.22. The van der Waals surface area contributed by atoms with Crippen molar-refractivity contribution in [3.63, 3.8) is 0 Å². The lowest BCUT2D eigenvalue weighted by Gasteiger charge is -2.35. The maximum atomic E-state index is 13.7. The predicted molar refractivity (Wildman–Crippen MR) is 120 cm³/mol. The summed E-state index contributed by atoms with van der Waals surface area (Å²) < 4.78 is 4.93. The zero-order valence-electron chi connectivity index (χ0n) is 18.0. The topological polar surface area (TPSA) is 94.7 Å². The number of rotatable bonds is 5. The Morgan fingerprint density at radius 2 is 1.91 bits per heavy atom. The molecular formula is C24H24N4O4. The van der Waals surface area contributed by atoms with Gasteiger partial charge in [0.2, 0.25) is 0 Å². The normalized spacial score (nSPS) is 19.9. The fourth-order valence-corrected chi connectivity index (χ4v) is 4.75. The number of nitrogens with zero attached hydrogens (tertiary/aromatic N) is 2. The number of ether oxygens (including phenoxy) is 1. The Morgan fingerprint density at radius 1 is 1.16 bits per heavy atom. The van der Waals surface area contributed by atoms with Crippen LogP contribution < -0.4 is 10.2 Å². The molecule has 2 aromatic carbocycles. The number of H-pyrrole nitrogens is 1. The van der Waals surface area contributed by atoms with Crippen molar-refractivity contribution in [2.24, 2.45) is 0 Å². The number of anilines is 1. The van der Waals surface area contributed by atoms with Crippen LogP contribution >= 0.6 is 0 Å². The molecule has 0 unspecified atom stereocenters. The van der Waals surface area contributed by atoms with Crippen LogP contribution in [-0.4, -0.2) is 54.5 Å². The molecule has 32 heavy (non-hydrogen) atoms. The molecule has 0 radical (unpaired) electrons. The van der Waals surface area contributed by atoms with Crippen LogP contribution in [0.3, 0.4) is 0 Å². The SMILES string of the molecule is COCCNC(=O)c1ccc(N2C(=O)N3CCc4c([nH]c5ccccc45)[C@]3(C)C2=O)cc1. The second-order valence-corrected chi connectivity index (χ2v) is 8.22. The quantitative estimate of drug-likeness (QED) is 0.479. The molecule has 1 saturated heterocycles. The van der Waals surface area contributed by atoms with Crippen molar-refractivity contribution in [3.8, 4) is 0 Å². The van der Waals surface area contributed by atoms with Crippen molar-refractivity contribution >= 4 is 34.4 Å². The summed E-state index contributed by atoms with van der Waals surface area (Å²) in [7, 11) is 1.57. The molecule has 0 bridgehead atoms. The van der Waals surface area contributed by atoms with E-state index >= 15 is 0 Å². The van der Waals surface area contributed by atoms with Gasteiger partial charge < -0.3 is 19.9 Å². The Kier molecular flexibility index (Phi) is 4.74. The van der Waals surface area contributed by atoms with Gasteiger partial charge in [0.15, 0.2) is 5.54 Å². The zero-order valence-corrected chi connectivity index (χ0v) is 18.0. The molecule has 2 N–H and O–H groups in total. The number of aromatic amines is 1. The fourth-order valence-electron chi connectivity index (χ4n) is 4.75. The summed E-state index contributed by atoms with van der Waals surface area (Å²) in [5.74, 6) is -0.535. The highest BCUT2D eigenvalue weighted by atomic mass is 16.5. The van der Waals surface area contributed by atoms with E-state index in [9.17, 15) is 14.4 Å². The zero-order chi connectivity index (χ0) is 22.5. The van der Waals surface area contributed by atoms with E-state index in [0.29, 0.717) is 37.4 Å². The summed E-state index contributed by atoms with van der Waals surface area (Å²) in [6.07, 6.45) is 0.683. The van der Waals surface area contributed by atoms with Crippen LogP contribution in [-0.2, 0) is 21.5 Å². The molecule has 3 heterocycles. The number of carbonyl (C=O) groups excluding carboxylic acids is 3. The Bertz CT molecular complexity index is 1230. The summed E-state index contributed by atoms with van der Waals surface area (Å²) in [4.78, 5) is 45.4. The number of methoxy groups -OCH3 is 1. The first-order chi connectivity index (χ1) is 15.5. The maximum Gasteiger partial charge on any atom is 0.332 e. The first kappa shape index (κ1) is 20.3. The molecule has 164 valence electrons. The molecule has 1 aromatic heterocycles. The maximum absolute atomic E-state index is 13.7. The number of imide groups is 1. The molecule has 8 heteroatoms. The lowest BCUT2D eigenvalue weighted by Crippen LogP contribution is -2.49. The number of fused-ring (bicyclic) bond motifs is 5. The first-order valence-electron chi connectivity index (χ1n) is 10.6. The van der Waals surface area contributed by atoms with Crippen molar-refractivity contribution in [3.05, 3.63) is 65.4 Å². The van der Waals surface area contributed by atoms with Gasteiger partial charge in [0, 0.05) is 36.7 Å². The average Bonchev–Trinajstić information content (AvgIpc) is 3.28. The van der Waals surface area contributed by atoms with Gasteiger partial charge in [-0.25, -0.2) is 9.69 Å². The highest BCUT2D eigenvalue weighted by Crippen LogP contribution is 2.45. The second kappa shape index (κ2) is 7.49. The highest BCUT2D eigenvalue weighted by Gasteiger charge is 2.58. The Balaban J connectivity index is 1.47. The van der Waals surface area contributed by atoms with Gasteiger partial charge in [0.1, 0.15) is 0 Å². The molecule has 1 atom stereocenters. The van der Waals surface area contributed by atoms with E-state index in [1.807, 2.05) is 24.3 Å². The molecule has 2 aliphatic rings.